The minimum absolute atomic E-state index is 0. The standard InChI is InChI=1S/Ba.Ca.H2O4S.2H/c;;1-5(2,3)4;;/h;;(H2,1,2,3,4);;/q2*+2;;2*-1/p-2. The summed E-state index contributed by atoms with van der Waals surface area (Å²) >= 11 is 0. The fourth-order valence-corrected chi connectivity index (χ4v) is 0. The van der Waals surface area contributed by atoms with Crippen LogP contribution in [0.1, 0.15) is 2.85 Å². The van der Waals surface area contributed by atoms with Gasteiger partial charge in [0, 0.05) is 10.4 Å². The predicted octanol–water partition coefficient (Wildman–Crippen LogP) is -1.87. The molecule has 0 saturated carbocycles. The third-order valence-corrected chi connectivity index (χ3v) is 0. The van der Waals surface area contributed by atoms with Crippen LogP contribution < -0.4 is 0 Å². The maximum atomic E-state index is 8.52. The Balaban J connectivity index is -0.0000000133. The predicted molar refractivity (Wildman–Crippen MR) is 24.2 cm³/mol. The average Bonchev–Trinajstić information content (AvgIpc) is 0.722. The molecule has 0 aliphatic rings. The maximum Gasteiger partial charge on any atom is 2.00 e. The molecule has 0 rings (SSSR count). The molecule has 0 aliphatic carbocycles. The molecule has 7 heteroatoms. The summed E-state index contributed by atoms with van der Waals surface area (Å²) in [5.41, 5.74) is 0. The van der Waals surface area contributed by atoms with E-state index in [2.05, 4.69) is 0 Å². The molecule has 7 heavy (non-hydrogen) atoms. The van der Waals surface area contributed by atoms with E-state index in [0.29, 0.717) is 0 Å². The molecule has 4 nitrogen and oxygen atoms in total. The van der Waals surface area contributed by atoms with Gasteiger partial charge in [-0.2, -0.15) is 0 Å². The van der Waals surface area contributed by atoms with E-state index < -0.39 is 10.4 Å². The molecule has 0 heterocycles. The van der Waals surface area contributed by atoms with Gasteiger partial charge in [0.2, 0.25) is 0 Å². The molecule has 0 aromatic heterocycles. The first-order chi connectivity index (χ1) is 2.00. The van der Waals surface area contributed by atoms with Crippen LogP contribution >= 0.6 is 0 Å². The quantitative estimate of drug-likeness (QED) is 0.295. The first-order valence-electron chi connectivity index (χ1n) is 0.667. The molecular formula is H2BaCaO4S. The number of hydrogen-bond acceptors (Lipinski definition) is 4. The number of hydrogen-bond donors (Lipinski definition) is 0. The normalized spacial score (nSPS) is 8.29. The zero-order valence-corrected chi connectivity index (χ0v) is 10.9. The zero-order chi connectivity index (χ0) is 4.50. The Hall–Kier alpha value is 2.70. The molecule has 0 aromatic rings. The van der Waals surface area contributed by atoms with Gasteiger partial charge in [-0.15, -0.1) is 0 Å². The molecule has 36 valence electrons. The largest absolute Gasteiger partial charge is 2.00 e. The summed E-state index contributed by atoms with van der Waals surface area (Å²) < 4.78 is 34.1. The van der Waals surface area contributed by atoms with Crippen molar-refractivity contribution in [1.29, 1.82) is 0 Å². The molecule has 0 atom stereocenters. The van der Waals surface area contributed by atoms with Gasteiger partial charge >= 0.3 is 86.6 Å². The van der Waals surface area contributed by atoms with Gasteiger partial charge in [0.05, 0.1) is 0 Å². The molecule has 0 amide bonds. The van der Waals surface area contributed by atoms with E-state index in [0.717, 1.165) is 0 Å². The van der Waals surface area contributed by atoms with E-state index >= 15 is 0 Å². The van der Waals surface area contributed by atoms with Crippen molar-refractivity contribution in [1.82, 2.24) is 0 Å². The van der Waals surface area contributed by atoms with Crippen molar-refractivity contribution in [2.45, 2.75) is 0 Å². The molecule has 0 bridgehead atoms. The van der Waals surface area contributed by atoms with Crippen LogP contribution in [0.15, 0.2) is 0 Å². The first-order valence-corrected chi connectivity index (χ1v) is 2.00. The molecular weight excluding hydrogens is 273 g/mol. The van der Waals surface area contributed by atoms with Crippen molar-refractivity contribution in [2.75, 3.05) is 0 Å². The van der Waals surface area contributed by atoms with Gasteiger partial charge in [-0.05, 0) is 0 Å². The van der Waals surface area contributed by atoms with E-state index in [1.807, 2.05) is 0 Å². The number of rotatable bonds is 0. The maximum absolute atomic E-state index is 8.52. The van der Waals surface area contributed by atoms with Crippen molar-refractivity contribution in [3.8, 4) is 0 Å². The van der Waals surface area contributed by atoms with Gasteiger partial charge in [-0.1, -0.05) is 0 Å². The van der Waals surface area contributed by atoms with E-state index in [9.17, 15) is 0 Å². The van der Waals surface area contributed by atoms with Crippen molar-refractivity contribution in [3.05, 3.63) is 0 Å². The molecule has 0 N–H and O–H groups in total. The van der Waals surface area contributed by atoms with Crippen LogP contribution in [0.2, 0.25) is 0 Å². The topological polar surface area (TPSA) is 80.3 Å². The van der Waals surface area contributed by atoms with E-state index in [4.69, 9.17) is 17.5 Å². The Kier molecular flexibility index (Phi) is 15.9. The minimum atomic E-state index is -5.17. The second-order valence-corrected chi connectivity index (χ2v) is 1.22. The van der Waals surface area contributed by atoms with Gasteiger partial charge in [-0.3, -0.25) is 8.42 Å². The van der Waals surface area contributed by atoms with Crippen LogP contribution in [-0.2, 0) is 10.4 Å². The van der Waals surface area contributed by atoms with Crippen molar-refractivity contribution in [2.24, 2.45) is 0 Å². The minimum Gasteiger partial charge on any atom is -1.00 e. The summed E-state index contributed by atoms with van der Waals surface area (Å²) in [4.78, 5) is 0. The fourth-order valence-electron chi connectivity index (χ4n) is 0. The molecule has 0 spiro atoms. The van der Waals surface area contributed by atoms with E-state index in [1.165, 1.54) is 0 Å². The second kappa shape index (κ2) is 6.82. The Bertz CT molecular complexity index is 102. The van der Waals surface area contributed by atoms with Crippen molar-refractivity contribution >= 4 is 97.0 Å². The van der Waals surface area contributed by atoms with Crippen molar-refractivity contribution in [3.63, 3.8) is 0 Å². The molecule has 0 radical (unpaired) electrons. The van der Waals surface area contributed by atoms with Gasteiger partial charge in [-0.25, -0.2) is 0 Å². The smallest absolute Gasteiger partial charge is 1.00 e. The van der Waals surface area contributed by atoms with Crippen LogP contribution in [0, 0.1) is 0 Å². The first kappa shape index (κ1) is 16.4. The monoisotopic (exact) mass is 276 g/mol. The third kappa shape index (κ3) is 53.6. The second-order valence-electron chi connectivity index (χ2n) is 0.408. The summed E-state index contributed by atoms with van der Waals surface area (Å²) in [6.45, 7) is 0. The summed E-state index contributed by atoms with van der Waals surface area (Å²) in [6.07, 6.45) is 0. The summed E-state index contributed by atoms with van der Waals surface area (Å²) in [7, 11) is -5.17. The van der Waals surface area contributed by atoms with Crippen LogP contribution in [0.25, 0.3) is 0 Å². The molecule has 0 fully saturated rings. The summed E-state index contributed by atoms with van der Waals surface area (Å²) in [6, 6.07) is 0. The van der Waals surface area contributed by atoms with Crippen molar-refractivity contribution < 1.29 is 20.4 Å². The molecule has 0 saturated heterocycles. The Morgan fingerprint density at radius 2 is 1.29 bits per heavy atom. The van der Waals surface area contributed by atoms with Crippen LogP contribution in [0.4, 0.5) is 0 Å². The van der Waals surface area contributed by atoms with Gasteiger partial charge in [0.15, 0.2) is 0 Å². The van der Waals surface area contributed by atoms with Gasteiger partial charge in [0.25, 0.3) is 0 Å². The summed E-state index contributed by atoms with van der Waals surface area (Å²) in [5.74, 6) is 0. The third-order valence-electron chi connectivity index (χ3n) is 0. The SMILES string of the molecule is O=S(=O)([O-])[O-].[Ba+2].[Ca+2].[H-].[H-]. The Morgan fingerprint density at radius 3 is 1.29 bits per heavy atom. The van der Waals surface area contributed by atoms with Gasteiger partial charge < -0.3 is 12.0 Å². The average molecular weight is 275 g/mol. The van der Waals surface area contributed by atoms with Gasteiger partial charge in [0.1, 0.15) is 0 Å². The summed E-state index contributed by atoms with van der Waals surface area (Å²) in [5, 5.41) is 0. The van der Waals surface area contributed by atoms with Crippen LogP contribution in [-0.4, -0.2) is 104 Å². The van der Waals surface area contributed by atoms with Crippen LogP contribution in [0.3, 0.4) is 0 Å². The Morgan fingerprint density at radius 1 is 1.29 bits per heavy atom. The Labute approximate surface area is 115 Å². The van der Waals surface area contributed by atoms with Crippen LogP contribution in [0.5, 0.6) is 0 Å². The van der Waals surface area contributed by atoms with E-state index in [-0.39, 0.29) is 89.5 Å². The molecule has 0 aromatic carbocycles. The fraction of sp³-hybridized carbons (Fsp3) is 0. The van der Waals surface area contributed by atoms with E-state index in [1.54, 1.807) is 0 Å². The molecule has 0 unspecified atom stereocenters. The zero-order valence-electron chi connectivity index (χ0n) is 5.46. The molecule has 0 aliphatic heterocycles.